The van der Waals surface area contributed by atoms with E-state index in [1.54, 1.807) is 0 Å². The van der Waals surface area contributed by atoms with E-state index >= 15 is 0 Å². The van der Waals surface area contributed by atoms with E-state index < -0.39 is 5.82 Å². The van der Waals surface area contributed by atoms with E-state index in [2.05, 4.69) is 30.9 Å². The van der Waals surface area contributed by atoms with E-state index in [-0.39, 0.29) is 12.1 Å². The Balaban J connectivity index is 2.37. The van der Waals surface area contributed by atoms with Crippen molar-refractivity contribution in [3.05, 3.63) is 46.3 Å². The van der Waals surface area contributed by atoms with E-state index in [4.69, 9.17) is 7.10 Å². The number of anilines is 1. The second-order valence-electron chi connectivity index (χ2n) is 3.14. The van der Waals surface area contributed by atoms with Gasteiger partial charge >= 0.3 is 0 Å². The van der Waals surface area contributed by atoms with Crippen LogP contribution in [0.4, 0.5) is 10.2 Å². The fourth-order valence-corrected chi connectivity index (χ4v) is 1.57. The molecule has 2 rings (SSSR count). The monoisotopic (exact) mass is 283 g/mol. The summed E-state index contributed by atoms with van der Waals surface area (Å²) in [5.41, 5.74) is 6.75. The normalized spacial score (nSPS) is 11.2. The molecule has 82 valence electrons. The Bertz CT molecular complexity index is 514. The Morgan fingerprint density at radius 2 is 2.25 bits per heavy atom. The molecule has 16 heavy (non-hydrogen) atoms. The molecule has 0 spiro atoms. The van der Waals surface area contributed by atoms with Crippen molar-refractivity contribution in [1.29, 1.82) is 0 Å². The van der Waals surface area contributed by atoms with Crippen LogP contribution in [0.25, 0.3) is 0 Å². The number of nitrogens with two attached hydrogens (primary N) is 1. The molecule has 0 radical (unpaired) electrons. The fourth-order valence-electron chi connectivity index (χ4n) is 1.24. The third-order valence-electron chi connectivity index (χ3n) is 2.02. The number of hydrogen-bond acceptors (Lipinski definition) is 4. The van der Waals surface area contributed by atoms with Gasteiger partial charge in [-0.2, -0.15) is 0 Å². The summed E-state index contributed by atoms with van der Waals surface area (Å²) in [4.78, 5) is 11.4. The molecule has 0 atom stereocenters. The molecule has 0 fully saturated rings. The minimum absolute atomic E-state index is 0.0915. The highest BCUT2D eigenvalue weighted by atomic mass is 79.9. The molecule has 0 aliphatic carbocycles. The molecule has 2 aromatic rings. The van der Waals surface area contributed by atoms with Gasteiger partial charge in [-0.3, -0.25) is 0 Å². The van der Waals surface area contributed by atoms with Crippen LogP contribution in [-0.2, 0) is 6.42 Å². The van der Waals surface area contributed by atoms with Crippen LogP contribution in [-0.4, -0.2) is 15.0 Å². The Kier molecular flexibility index (Phi) is 2.73. The molecule has 4 nitrogen and oxygen atoms in total. The summed E-state index contributed by atoms with van der Waals surface area (Å²) in [6.07, 6.45) is 2.74. The van der Waals surface area contributed by atoms with E-state index in [0.29, 0.717) is 22.2 Å². The molecule has 0 aromatic carbocycles. The standard InChI is InChI=1S/C10H8BrFN4/c11-8-4-14-5-16-9(8)2-6-1-7(12)3-15-10(6)13/h1,3-5H,2H2,(H2,13,15)/i5D. The average molecular weight is 284 g/mol. The maximum absolute atomic E-state index is 13.0. The zero-order valence-electron chi connectivity index (χ0n) is 9.11. The predicted octanol–water partition coefficient (Wildman–Crippen LogP) is 1.95. The Hall–Kier alpha value is -1.56. The second-order valence-corrected chi connectivity index (χ2v) is 3.99. The van der Waals surface area contributed by atoms with Gasteiger partial charge in [0.2, 0.25) is 0 Å². The lowest BCUT2D eigenvalue weighted by atomic mass is 10.1. The van der Waals surface area contributed by atoms with Crippen LogP contribution < -0.4 is 5.73 Å². The molecular formula is C10H8BrFN4. The average Bonchev–Trinajstić information content (AvgIpc) is 2.28. The summed E-state index contributed by atoms with van der Waals surface area (Å²) in [5.74, 6) is -0.200. The molecule has 2 N–H and O–H groups in total. The Morgan fingerprint density at radius 1 is 1.44 bits per heavy atom. The molecule has 0 amide bonds. The van der Waals surface area contributed by atoms with Gasteiger partial charge in [-0.25, -0.2) is 19.3 Å². The van der Waals surface area contributed by atoms with Crippen molar-refractivity contribution in [2.75, 3.05) is 5.73 Å². The lowest BCUT2D eigenvalue weighted by Crippen LogP contribution is -2.01. The fraction of sp³-hybridized carbons (Fsp3) is 0.100. The molecule has 2 heterocycles. The van der Waals surface area contributed by atoms with Crippen LogP contribution in [0.3, 0.4) is 0 Å². The second kappa shape index (κ2) is 4.52. The van der Waals surface area contributed by atoms with Crippen molar-refractivity contribution in [2.45, 2.75) is 6.42 Å². The quantitative estimate of drug-likeness (QED) is 0.915. The van der Waals surface area contributed by atoms with E-state index in [1.807, 2.05) is 0 Å². The molecule has 2 aromatic heterocycles. The minimum Gasteiger partial charge on any atom is -0.383 e. The Morgan fingerprint density at radius 3 is 3.06 bits per heavy atom. The number of nitrogen functional groups attached to an aromatic ring is 1. The van der Waals surface area contributed by atoms with Crippen LogP contribution in [0.15, 0.2) is 29.2 Å². The number of halogens is 2. The maximum atomic E-state index is 13.0. The number of aromatic nitrogens is 3. The van der Waals surface area contributed by atoms with Gasteiger partial charge in [-0.05, 0) is 22.0 Å². The van der Waals surface area contributed by atoms with Crippen molar-refractivity contribution >= 4 is 21.7 Å². The van der Waals surface area contributed by atoms with Crippen molar-refractivity contribution in [3.8, 4) is 0 Å². The summed E-state index contributed by atoms with van der Waals surface area (Å²) >= 11 is 3.27. The van der Waals surface area contributed by atoms with Crippen LogP contribution in [0.1, 0.15) is 12.6 Å². The highest BCUT2D eigenvalue weighted by molar-refractivity contribution is 9.10. The van der Waals surface area contributed by atoms with Gasteiger partial charge in [0.25, 0.3) is 0 Å². The predicted molar refractivity (Wildman–Crippen MR) is 61.1 cm³/mol. The number of rotatable bonds is 2. The van der Waals surface area contributed by atoms with E-state index in [9.17, 15) is 4.39 Å². The van der Waals surface area contributed by atoms with Crippen molar-refractivity contribution in [3.63, 3.8) is 0 Å². The van der Waals surface area contributed by atoms with Gasteiger partial charge in [0.15, 0.2) is 0 Å². The molecule has 6 heteroatoms. The van der Waals surface area contributed by atoms with E-state index in [0.717, 1.165) is 6.20 Å². The summed E-state index contributed by atoms with van der Waals surface area (Å²) in [6, 6.07) is 1.31. The summed E-state index contributed by atoms with van der Waals surface area (Å²) in [7, 11) is 0. The van der Waals surface area contributed by atoms with Gasteiger partial charge in [0, 0.05) is 18.2 Å². The summed E-state index contributed by atoms with van der Waals surface area (Å²) in [6.45, 7) is 0. The number of nitrogens with zero attached hydrogens (tertiary/aromatic N) is 3. The minimum atomic E-state index is -0.453. The number of hydrogen-bond donors (Lipinski definition) is 1. The third-order valence-corrected chi connectivity index (χ3v) is 2.68. The SMILES string of the molecule is [2H]c1ncc(Br)c(Cc2cc(F)cnc2N)n1. The molecule has 0 aliphatic rings. The first-order valence-electron chi connectivity index (χ1n) is 4.94. The van der Waals surface area contributed by atoms with Crippen molar-refractivity contribution < 1.29 is 5.76 Å². The van der Waals surface area contributed by atoms with Crippen LogP contribution in [0, 0.1) is 5.82 Å². The first-order chi connectivity index (χ1) is 8.06. The van der Waals surface area contributed by atoms with Crippen molar-refractivity contribution in [1.82, 2.24) is 15.0 Å². The highest BCUT2D eigenvalue weighted by Gasteiger charge is 2.07. The maximum Gasteiger partial charge on any atom is 0.141 e. The lowest BCUT2D eigenvalue weighted by molar-refractivity contribution is 0.619. The van der Waals surface area contributed by atoms with Gasteiger partial charge in [-0.15, -0.1) is 0 Å². The zero-order valence-corrected chi connectivity index (χ0v) is 9.70. The number of pyridine rings is 1. The highest BCUT2D eigenvalue weighted by Crippen LogP contribution is 2.19. The van der Waals surface area contributed by atoms with Crippen LogP contribution >= 0.6 is 15.9 Å². The van der Waals surface area contributed by atoms with E-state index in [1.165, 1.54) is 12.3 Å². The van der Waals surface area contributed by atoms with Crippen LogP contribution in [0.5, 0.6) is 0 Å². The molecule has 0 aliphatic heterocycles. The van der Waals surface area contributed by atoms with Gasteiger partial charge in [-0.1, -0.05) is 0 Å². The summed E-state index contributed by atoms with van der Waals surface area (Å²) in [5, 5.41) is 0. The first-order valence-corrected chi connectivity index (χ1v) is 5.23. The van der Waals surface area contributed by atoms with Gasteiger partial charge < -0.3 is 5.73 Å². The largest absolute Gasteiger partial charge is 0.383 e. The molecule has 0 saturated heterocycles. The lowest BCUT2D eigenvalue weighted by Gasteiger charge is -2.05. The molecule has 0 saturated carbocycles. The topological polar surface area (TPSA) is 64.7 Å². The summed E-state index contributed by atoms with van der Waals surface area (Å²) < 4.78 is 21.0. The molecular weight excluding hydrogens is 275 g/mol. The van der Waals surface area contributed by atoms with Gasteiger partial charge in [0.1, 0.15) is 19.3 Å². The van der Waals surface area contributed by atoms with Crippen molar-refractivity contribution in [2.24, 2.45) is 0 Å². The zero-order chi connectivity index (χ0) is 12.4. The molecule has 0 unspecified atom stereocenters. The first kappa shape index (κ1) is 9.65. The molecule has 0 bridgehead atoms. The van der Waals surface area contributed by atoms with Crippen LogP contribution in [0.2, 0.25) is 0 Å². The third kappa shape index (κ3) is 2.33. The van der Waals surface area contributed by atoms with Gasteiger partial charge in [0.05, 0.1) is 16.4 Å². The Labute approximate surface area is 101 Å². The smallest absolute Gasteiger partial charge is 0.141 e.